The molecule has 0 spiro atoms. The van der Waals surface area contributed by atoms with Crippen molar-refractivity contribution in [2.45, 2.75) is 11.7 Å². The highest BCUT2D eigenvalue weighted by Crippen LogP contribution is 2.21. The molecule has 2 heterocycles. The van der Waals surface area contributed by atoms with Gasteiger partial charge in [0.2, 0.25) is 0 Å². The number of fused-ring (bicyclic) bond motifs is 1. The van der Waals surface area contributed by atoms with Crippen LogP contribution in [0.4, 0.5) is 0 Å². The van der Waals surface area contributed by atoms with E-state index in [1.165, 1.54) is 17.9 Å². The first kappa shape index (κ1) is 16.6. The van der Waals surface area contributed by atoms with Crippen molar-refractivity contribution in [1.29, 1.82) is 0 Å². The van der Waals surface area contributed by atoms with Crippen LogP contribution in [0.5, 0.6) is 0 Å². The molecule has 0 saturated heterocycles. The minimum Gasteiger partial charge on any atom is -0.468 e. The summed E-state index contributed by atoms with van der Waals surface area (Å²) in [7, 11) is 1.31. The number of benzene rings is 1. The Bertz CT molecular complexity index is 937. The zero-order valence-electron chi connectivity index (χ0n) is 12.7. The van der Waals surface area contributed by atoms with Gasteiger partial charge in [0.05, 0.1) is 36.6 Å². The third kappa shape index (κ3) is 3.47. The summed E-state index contributed by atoms with van der Waals surface area (Å²) in [6.07, 6.45) is 1.54. The van der Waals surface area contributed by atoms with Crippen molar-refractivity contribution in [1.82, 2.24) is 9.55 Å². The Morgan fingerprint density at radius 2 is 2.25 bits per heavy atom. The molecular formula is C16H13ClN2O4S. The van der Waals surface area contributed by atoms with Crippen LogP contribution in [-0.2, 0) is 16.1 Å². The number of furan rings is 1. The van der Waals surface area contributed by atoms with Crippen molar-refractivity contribution in [3.8, 4) is 0 Å². The molecule has 0 radical (unpaired) electrons. The van der Waals surface area contributed by atoms with Crippen molar-refractivity contribution in [3.63, 3.8) is 0 Å². The number of thioether (sulfide) groups is 1. The number of aromatic nitrogens is 2. The fourth-order valence-electron chi connectivity index (χ4n) is 2.16. The van der Waals surface area contributed by atoms with Crippen LogP contribution < -0.4 is 5.56 Å². The van der Waals surface area contributed by atoms with E-state index in [9.17, 15) is 9.59 Å². The van der Waals surface area contributed by atoms with Gasteiger partial charge in [-0.2, -0.15) is 0 Å². The van der Waals surface area contributed by atoms with Gasteiger partial charge < -0.3 is 9.15 Å². The molecule has 0 fully saturated rings. The fraction of sp³-hybridized carbons (Fsp3) is 0.188. The fourth-order valence-corrected chi connectivity index (χ4v) is 3.16. The smallest absolute Gasteiger partial charge is 0.316 e. The lowest BCUT2D eigenvalue weighted by Crippen LogP contribution is -2.24. The third-order valence-electron chi connectivity index (χ3n) is 3.32. The lowest BCUT2D eigenvalue weighted by atomic mass is 10.2. The molecule has 6 nitrogen and oxygen atoms in total. The van der Waals surface area contributed by atoms with E-state index >= 15 is 0 Å². The molecule has 0 amide bonds. The predicted octanol–water partition coefficient (Wildman–Crippen LogP) is 2.96. The highest BCUT2D eigenvalue weighted by Gasteiger charge is 2.15. The predicted molar refractivity (Wildman–Crippen MR) is 91.6 cm³/mol. The summed E-state index contributed by atoms with van der Waals surface area (Å²) >= 11 is 7.11. The maximum atomic E-state index is 12.8. The summed E-state index contributed by atoms with van der Waals surface area (Å²) in [5.41, 5.74) is 0.260. The molecule has 0 aliphatic carbocycles. The van der Waals surface area contributed by atoms with Crippen LogP contribution in [0.2, 0.25) is 5.02 Å². The Labute approximate surface area is 146 Å². The van der Waals surface area contributed by atoms with Crippen LogP contribution in [-0.4, -0.2) is 28.4 Å². The average Bonchev–Trinajstić information content (AvgIpc) is 3.08. The number of hydrogen-bond acceptors (Lipinski definition) is 6. The van der Waals surface area contributed by atoms with E-state index in [4.69, 9.17) is 16.0 Å². The second kappa shape index (κ2) is 7.11. The largest absolute Gasteiger partial charge is 0.468 e. The second-order valence-electron chi connectivity index (χ2n) is 4.89. The number of halogens is 1. The summed E-state index contributed by atoms with van der Waals surface area (Å²) < 4.78 is 11.4. The highest BCUT2D eigenvalue weighted by molar-refractivity contribution is 7.99. The number of ether oxygens (including phenoxy) is 1. The van der Waals surface area contributed by atoms with Crippen molar-refractivity contribution in [2.24, 2.45) is 0 Å². The van der Waals surface area contributed by atoms with Gasteiger partial charge in [-0.1, -0.05) is 23.4 Å². The van der Waals surface area contributed by atoms with Gasteiger partial charge in [-0.05, 0) is 30.3 Å². The van der Waals surface area contributed by atoms with Crippen molar-refractivity contribution < 1.29 is 13.9 Å². The summed E-state index contributed by atoms with van der Waals surface area (Å²) in [4.78, 5) is 28.7. The molecule has 0 aliphatic heterocycles. The monoisotopic (exact) mass is 364 g/mol. The first-order chi connectivity index (χ1) is 11.6. The number of carbonyl (C=O) groups is 1. The Kier molecular flexibility index (Phi) is 4.92. The number of rotatable bonds is 5. The lowest BCUT2D eigenvalue weighted by Gasteiger charge is -2.11. The second-order valence-corrected chi connectivity index (χ2v) is 6.27. The third-order valence-corrected chi connectivity index (χ3v) is 4.51. The Balaban J connectivity index is 2.09. The topological polar surface area (TPSA) is 74.3 Å². The van der Waals surface area contributed by atoms with E-state index < -0.39 is 5.97 Å². The number of nitrogens with zero attached hydrogens (tertiary/aromatic N) is 2. The summed E-state index contributed by atoms with van der Waals surface area (Å²) in [6.45, 7) is 0.223. The van der Waals surface area contributed by atoms with Gasteiger partial charge in [0.25, 0.3) is 5.56 Å². The van der Waals surface area contributed by atoms with Crippen molar-refractivity contribution in [3.05, 3.63) is 57.7 Å². The molecule has 0 unspecified atom stereocenters. The molecule has 3 rings (SSSR count). The molecule has 8 heteroatoms. The number of methoxy groups -OCH3 is 1. The molecule has 0 atom stereocenters. The van der Waals surface area contributed by atoms with Gasteiger partial charge in [0.1, 0.15) is 5.76 Å². The van der Waals surface area contributed by atoms with Gasteiger partial charge in [-0.15, -0.1) is 0 Å². The molecule has 0 aliphatic rings. The quantitative estimate of drug-likeness (QED) is 0.393. The van der Waals surface area contributed by atoms with Crippen LogP contribution >= 0.6 is 23.4 Å². The van der Waals surface area contributed by atoms with Crippen LogP contribution in [0.25, 0.3) is 10.9 Å². The molecule has 0 bridgehead atoms. The SMILES string of the molecule is COC(=O)CSc1nc2cc(Cl)ccc2c(=O)n1Cc1ccco1. The number of hydrogen-bond donors (Lipinski definition) is 0. The van der Waals surface area contributed by atoms with Crippen LogP contribution in [0.3, 0.4) is 0 Å². The summed E-state index contributed by atoms with van der Waals surface area (Å²) in [5.74, 6) is 0.268. The Morgan fingerprint density at radius 1 is 1.42 bits per heavy atom. The van der Waals surface area contributed by atoms with E-state index in [1.807, 2.05) is 0 Å². The summed E-state index contributed by atoms with van der Waals surface area (Å²) in [6, 6.07) is 8.42. The lowest BCUT2D eigenvalue weighted by molar-refractivity contribution is -0.137. The minimum atomic E-state index is -0.398. The molecule has 2 aromatic heterocycles. The van der Waals surface area contributed by atoms with Crippen molar-refractivity contribution >= 4 is 40.2 Å². The molecule has 24 heavy (non-hydrogen) atoms. The van der Waals surface area contributed by atoms with Crippen LogP contribution in [0.1, 0.15) is 5.76 Å². The maximum Gasteiger partial charge on any atom is 0.316 e. The molecule has 3 aromatic rings. The molecule has 0 saturated carbocycles. The van der Waals surface area contributed by atoms with E-state index in [-0.39, 0.29) is 17.9 Å². The van der Waals surface area contributed by atoms with Crippen LogP contribution in [0, 0.1) is 0 Å². The first-order valence-corrected chi connectivity index (χ1v) is 8.37. The molecule has 124 valence electrons. The number of carbonyl (C=O) groups excluding carboxylic acids is 1. The van der Waals surface area contributed by atoms with Crippen molar-refractivity contribution in [2.75, 3.05) is 12.9 Å². The normalized spacial score (nSPS) is 10.9. The Morgan fingerprint density at radius 3 is 2.96 bits per heavy atom. The zero-order valence-corrected chi connectivity index (χ0v) is 14.3. The standard InChI is InChI=1S/C16H13ClN2O4S/c1-22-14(20)9-24-16-18-13-7-10(17)4-5-12(13)15(21)19(16)8-11-3-2-6-23-11/h2-7H,8-9H2,1H3. The summed E-state index contributed by atoms with van der Waals surface area (Å²) in [5, 5.41) is 1.34. The van der Waals surface area contributed by atoms with Crippen LogP contribution in [0.15, 0.2) is 51.0 Å². The Hall–Kier alpha value is -2.25. The van der Waals surface area contributed by atoms with E-state index in [0.29, 0.717) is 26.8 Å². The van der Waals surface area contributed by atoms with Gasteiger partial charge in [0, 0.05) is 5.02 Å². The molecule has 0 N–H and O–H groups in total. The first-order valence-electron chi connectivity index (χ1n) is 7.00. The average molecular weight is 365 g/mol. The van der Waals surface area contributed by atoms with Gasteiger partial charge >= 0.3 is 5.97 Å². The van der Waals surface area contributed by atoms with E-state index in [1.54, 1.807) is 30.3 Å². The van der Waals surface area contributed by atoms with Gasteiger partial charge in [0.15, 0.2) is 5.16 Å². The molecular weight excluding hydrogens is 352 g/mol. The van der Waals surface area contributed by atoms with Gasteiger partial charge in [-0.3, -0.25) is 14.2 Å². The zero-order chi connectivity index (χ0) is 17.1. The number of esters is 1. The van der Waals surface area contributed by atoms with E-state index in [2.05, 4.69) is 9.72 Å². The van der Waals surface area contributed by atoms with Gasteiger partial charge in [-0.25, -0.2) is 4.98 Å². The van der Waals surface area contributed by atoms with E-state index in [0.717, 1.165) is 11.8 Å². The maximum absolute atomic E-state index is 12.8. The highest BCUT2D eigenvalue weighted by atomic mass is 35.5. The molecule has 1 aromatic carbocycles. The minimum absolute atomic E-state index is 0.0488.